The lowest BCUT2D eigenvalue weighted by Gasteiger charge is -2.26. The number of pyridine rings is 1. The second-order valence-corrected chi connectivity index (χ2v) is 6.86. The van der Waals surface area contributed by atoms with E-state index in [2.05, 4.69) is 9.72 Å². The van der Waals surface area contributed by atoms with Gasteiger partial charge in [-0.05, 0) is 30.4 Å². The number of hydrogen-bond donors (Lipinski definition) is 1. The lowest BCUT2D eigenvalue weighted by Crippen LogP contribution is -2.23. The first-order valence-electron chi connectivity index (χ1n) is 8.79. The van der Waals surface area contributed by atoms with Crippen LogP contribution < -0.4 is 10.3 Å². The number of carbonyl (C=O) groups is 1. The van der Waals surface area contributed by atoms with Gasteiger partial charge in [0, 0.05) is 5.39 Å². The minimum absolute atomic E-state index is 0.0248. The molecule has 0 unspecified atom stereocenters. The second kappa shape index (κ2) is 7.19. The summed E-state index contributed by atoms with van der Waals surface area (Å²) in [6.45, 7) is 0. The highest BCUT2D eigenvalue weighted by atomic mass is 19.2. The van der Waals surface area contributed by atoms with Crippen LogP contribution in [-0.4, -0.2) is 11.0 Å². The third-order valence-electron chi connectivity index (χ3n) is 5.12. The Morgan fingerprint density at radius 3 is 2.07 bits per heavy atom. The van der Waals surface area contributed by atoms with Crippen LogP contribution in [0.1, 0.15) is 41.1 Å². The van der Waals surface area contributed by atoms with Gasteiger partial charge in [0.1, 0.15) is 5.56 Å². The number of aromatic nitrogens is 1. The molecule has 10 heteroatoms. The number of halogens is 6. The van der Waals surface area contributed by atoms with Gasteiger partial charge in [-0.2, -0.15) is 8.78 Å². The van der Waals surface area contributed by atoms with Crippen molar-refractivity contribution in [1.29, 1.82) is 0 Å². The Bertz CT molecular complexity index is 1240. The van der Waals surface area contributed by atoms with Crippen LogP contribution >= 0.6 is 0 Å². The topological polar surface area (TPSA) is 59.2 Å². The molecule has 4 nitrogen and oxygen atoms in total. The molecule has 30 heavy (non-hydrogen) atoms. The van der Waals surface area contributed by atoms with Gasteiger partial charge in [-0.1, -0.05) is 18.6 Å². The van der Waals surface area contributed by atoms with E-state index in [1.54, 1.807) is 0 Å². The summed E-state index contributed by atoms with van der Waals surface area (Å²) in [5.74, 6) is -15.9. The Kier molecular flexibility index (Phi) is 4.79. The maximum absolute atomic E-state index is 14.7. The molecule has 0 radical (unpaired) electrons. The molecule has 1 aromatic heterocycles. The first kappa shape index (κ1) is 20.0. The minimum atomic E-state index is -2.42. The van der Waals surface area contributed by atoms with Gasteiger partial charge in [0.2, 0.25) is 34.8 Å². The van der Waals surface area contributed by atoms with Crippen LogP contribution in [-0.2, 0) is 0 Å². The first-order valence-corrected chi connectivity index (χ1v) is 8.79. The summed E-state index contributed by atoms with van der Waals surface area (Å²) in [6, 6.07) is 3.85. The quantitative estimate of drug-likeness (QED) is 0.214. The molecule has 4 rings (SSSR count). The smallest absolute Gasteiger partial charge is 0.349 e. The zero-order valence-corrected chi connectivity index (χ0v) is 14.9. The summed E-state index contributed by atoms with van der Waals surface area (Å²) in [6.07, 6.45) is 2.57. The lowest BCUT2D eigenvalue weighted by atomic mass is 9.79. The predicted molar refractivity (Wildman–Crippen MR) is 92.3 cm³/mol. The first-order chi connectivity index (χ1) is 14.2. The zero-order chi connectivity index (χ0) is 21.7. The van der Waals surface area contributed by atoms with Crippen LogP contribution in [0.25, 0.3) is 10.9 Å². The van der Waals surface area contributed by atoms with Crippen LogP contribution in [0.3, 0.4) is 0 Å². The fraction of sp³-hybridized carbons (Fsp3) is 0.200. The average Bonchev–Trinajstić information content (AvgIpc) is 2.69. The normalized spacial score (nSPS) is 14.1. The molecule has 0 bridgehead atoms. The van der Waals surface area contributed by atoms with Crippen molar-refractivity contribution in [1.82, 2.24) is 4.98 Å². The number of benzene rings is 2. The van der Waals surface area contributed by atoms with E-state index in [9.17, 15) is 35.9 Å². The maximum Gasteiger partial charge on any atom is 0.349 e. The van der Waals surface area contributed by atoms with Crippen LogP contribution in [0.15, 0.2) is 23.0 Å². The van der Waals surface area contributed by atoms with Gasteiger partial charge < -0.3 is 9.72 Å². The molecule has 1 heterocycles. The fourth-order valence-electron chi connectivity index (χ4n) is 3.26. The molecular weight excluding hydrogens is 416 g/mol. The highest BCUT2D eigenvalue weighted by molar-refractivity contribution is 5.95. The lowest BCUT2D eigenvalue weighted by molar-refractivity contribution is 0.0714. The highest BCUT2D eigenvalue weighted by Gasteiger charge is 2.30. The van der Waals surface area contributed by atoms with E-state index in [1.807, 2.05) is 0 Å². The van der Waals surface area contributed by atoms with Crippen molar-refractivity contribution in [3.05, 3.63) is 74.6 Å². The van der Waals surface area contributed by atoms with E-state index in [4.69, 9.17) is 0 Å². The van der Waals surface area contributed by atoms with Crippen molar-refractivity contribution in [2.24, 2.45) is 0 Å². The Morgan fingerprint density at radius 1 is 0.900 bits per heavy atom. The molecule has 1 aliphatic carbocycles. The Balaban J connectivity index is 1.74. The van der Waals surface area contributed by atoms with Gasteiger partial charge >= 0.3 is 5.97 Å². The molecular formula is C20H11F6NO3. The van der Waals surface area contributed by atoms with Crippen molar-refractivity contribution < 1.29 is 35.9 Å². The monoisotopic (exact) mass is 427 g/mol. The van der Waals surface area contributed by atoms with Crippen LogP contribution in [0.4, 0.5) is 26.3 Å². The van der Waals surface area contributed by atoms with E-state index in [1.165, 1.54) is 12.1 Å². The number of ether oxygens (including phenoxy) is 1. The van der Waals surface area contributed by atoms with Gasteiger partial charge in [0.05, 0.1) is 5.52 Å². The van der Waals surface area contributed by atoms with Crippen molar-refractivity contribution in [2.75, 3.05) is 0 Å². The number of nitrogens with one attached hydrogen (secondary N) is 1. The van der Waals surface area contributed by atoms with Crippen molar-refractivity contribution in [2.45, 2.75) is 25.2 Å². The summed E-state index contributed by atoms with van der Waals surface area (Å²) in [7, 11) is 0. The van der Waals surface area contributed by atoms with E-state index in [0.29, 0.717) is 5.56 Å². The van der Waals surface area contributed by atoms with E-state index in [0.717, 1.165) is 25.3 Å². The second-order valence-electron chi connectivity index (χ2n) is 6.86. The van der Waals surface area contributed by atoms with Crippen molar-refractivity contribution in [3.63, 3.8) is 0 Å². The Hall–Kier alpha value is -3.30. The van der Waals surface area contributed by atoms with Gasteiger partial charge in [0.15, 0.2) is 5.82 Å². The third kappa shape index (κ3) is 3.03. The molecule has 1 aliphatic rings. The molecule has 3 aromatic rings. The minimum Gasteiger partial charge on any atom is -0.416 e. The van der Waals surface area contributed by atoms with E-state index in [-0.39, 0.29) is 16.8 Å². The number of rotatable bonds is 3. The predicted octanol–water partition coefficient (Wildman–Crippen LogP) is 4.85. The van der Waals surface area contributed by atoms with Crippen LogP contribution in [0.2, 0.25) is 0 Å². The number of fused-ring (bicyclic) bond motifs is 1. The molecule has 0 amide bonds. The maximum atomic E-state index is 14.7. The summed E-state index contributed by atoms with van der Waals surface area (Å²) in [5.41, 5.74) is -1.71. The molecule has 2 aromatic carbocycles. The SMILES string of the molecule is O=C(Oc1c(F)c(F)c(F)c(F)c1F)c1cc2ccc(C3CCC3)c(F)c2[nH]c1=O. The van der Waals surface area contributed by atoms with E-state index >= 15 is 0 Å². The van der Waals surface area contributed by atoms with Gasteiger partial charge in [0.25, 0.3) is 5.56 Å². The fourth-order valence-corrected chi connectivity index (χ4v) is 3.26. The summed E-state index contributed by atoms with van der Waals surface area (Å²) in [4.78, 5) is 26.6. The van der Waals surface area contributed by atoms with Gasteiger partial charge in [-0.3, -0.25) is 4.79 Å². The standard InChI is InChI=1S/C20H11F6NO3/c21-11-9(7-2-1-3-7)5-4-8-6-10(19(28)27-17(8)11)20(29)30-18-15(25)13(23)12(22)14(24)16(18)26/h4-7H,1-3H2,(H,27,28). The molecule has 0 saturated heterocycles. The molecule has 0 aliphatic heterocycles. The molecule has 156 valence electrons. The van der Waals surface area contributed by atoms with Crippen molar-refractivity contribution >= 4 is 16.9 Å². The molecule has 0 spiro atoms. The number of esters is 1. The summed E-state index contributed by atoms with van der Waals surface area (Å²) in [5, 5.41) is 0.0829. The number of carbonyl (C=O) groups excluding carboxylic acids is 1. The third-order valence-corrected chi connectivity index (χ3v) is 5.12. The number of aromatic amines is 1. The van der Waals surface area contributed by atoms with E-state index < -0.39 is 57.7 Å². The number of hydrogen-bond acceptors (Lipinski definition) is 3. The highest BCUT2D eigenvalue weighted by Crippen LogP contribution is 2.39. The Morgan fingerprint density at radius 2 is 1.50 bits per heavy atom. The van der Waals surface area contributed by atoms with Gasteiger partial charge in [-0.15, -0.1) is 0 Å². The zero-order valence-electron chi connectivity index (χ0n) is 14.9. The summed E-state index contributed by atoms with van der Waals surface area (Å²) >= 11 is 0. The molecule has 1 saturated carbocycles. The largest absolute Gasteiger partial charge is 0.416 e. The van der Waals surface area contributed by atoms with Crippen LogP contribution in [0.5, 0.6) is 5.75 Å². The van der Waals surface area contributed by atoms with Gasteiger partial charge in [-0.25, -0.2) is 22.4 Å². The average molecular weight is 427 g/mol. The number of H-pyrrole nitrogens is 1. The Labute approximate surface area is 164 Å². The summed E-state index contributed by atoms with van der Waals surface area (Å²) < 4.78 is 86.0. The van der Waals surface area contributed by atoms with Crippen LogP contribution in [0, 0.1) is 34.9 Å². The molecule has 1 fully saturated rings. The molecule has 1 N–H and O–H groups in total. The molecule has 0 atom stereocenters. The van der Waals surface area contributed by atoms with Crippen molar-refractivity contribution in [3.8, 4) is 5.75 Å².